The number of rotatable bonds is 3. The molecule has 0 unspecified atom stereocenters. The van der Waals surface area contributed by atoms with E-state index in [-0.39, 0.29) is 0 Å². The molecule has 0 spiro atoms. The fourth-order valence-corrected chi connectivity index (χ4v) is 3.48. The third kappa shape index (κ3) is 2.18. The molecule has 5 rings (SSSR count). The van der Waals surface area contributed by atoms with Gasteiger partial charge in [0.1, 0.15) is 12.1 Å². The second-order valence-electron chi connectivity index (χ2n) is 6.34. The summed E-state index contributed by atoms with van der Waals surface area (Å²) < 4.78 is 14.8. The number of fused-ring (bicyclic) bond motifs is 3. The van der Waals surface area contributed by atoms with Crippen LogP contribution in [0.3, 0.4) is 0 Å². The highest BCUT2D eigenvalue weighted by Crippen LogP contribution is 2.33. The fourth-order valence-electron chi connectivity index (χ4n) is 3.48. The summed E-state index contributed by atoms with van der Waals surface area (Å²) in [6.45, 7) is 4.15. The van der Waals surface area contributed by atoms with Gasteiger partial charge in [0, 0.05) is 5.69 Å². The largest absolute Gasteiger partial charge is 0.495 e. The second kappa shape index (κ2) is 5.70. The summed E-state index contributed by atoms with van der Waals surface area (Å²) in [4.78, 5) is 9.38. The summed E-state index contributed by atoms with van der Waals surface area (Å²) in [5.41, 5.74) is 4.70. The molecule has 0 saturated heterocycles. The predicted octanol–water partition coefficient (Wildman–Crippen LogP) is 3.95. The number of ether oxygens (including phenoxy) is 1. The van der Waals surface area contributed by atoms with Crippen molar-refractivity contribution in [3.63, 3.8) is 0 Å². The van der Waals surface area contributed by atoms with Crippen molar-refractivity contribution in [3.05, 3.63) is 60.2 Å². The Morgan fingerprint density at radius 3 is 2.67 bits per heavy atom. The molecule has 0 bridgehead atoms. The molecule has 0 N–H and O–H groups in total. The number of aromatic nitrogens is 5. The smallest absolute Gasteiger partial charge is 0.217 e. The van der Waals surface area contributed by atoms with E-state index in [1.165, 1.54) is 0 Å². The van der Waals surface area contributed by atoms with Gasteiger partial charge in [-0.1, -0.05) is 12.1 Å². The maximum Gasteiger partial charge on any atom is 0.217 e. The Hall–Kier alpha value is -3.61. The maximum absolute atomic E-state index is 5.56. The van der Waals surface area contributed by atoms with Gasteiger partial charge in [0.2, 0.25) is 5.82 Å². The number of para-hydroxylation sites is 2. The molecule has 1 aromatic carbocycles. The van der Waals surface area contributed by atoms with Crippen LogP contribution in [0, 0.1) is 13.8 Å². The lowest BCUT2D eigenvalue weighted by molar-refractivity contribution is 0.413. The van der Waals surface area contributed by atoms with Crippen LogP contribution in [0.1, 0.15) is 11.3 Å². The quantitative estimate of drug-likeness (QED) is 0.488. The fraction of sp³-hybridized carbons (Fsp3) is 0.150. The van der Waals surface area contributed by atoms with Crippen LogP contribution < -0.4 is 4.74 Å². The van der Waals surface area contributed by atoms with Crippen molar-refractivity contribution < 1.29 is 9.15 Å². The van der Waals surface area contributed by atoms with Crippen LogP contribution >= 0.6 is 0 Å². The molecule has 4 aromatic heterocycles. The molecule has 0 fully saturated rings. The van der Waals surface area contributed by atoms with Crippen molar-refractivity contribution in [3.8, 4) is 23.0 Å². The second-order valence-corrected chi connectivity index (χ2v) is 6.34. The van der Waals surface area contributed by atoms with Gasteiger partial charge in [0.05, 0.1) is 24.4 Å². The van der Waals surface area contributed by atoms with Gasteiger partial charge in [0.25, 0.3) is 0 Å². The number of aryl methyl sites for hydroxylation is 1. The molecule has 7 heteroatoms. The van der Waals surface area contributed by atoms with Crippen LogP contribution in [0.2, 0.25) is 0 Å². The summed E-state index contributed by atoms with van der Waals surface area (Å²) in [6, 6.07) is 11.6. The van der Waals surface area contributed by atoms with Gasteiger partial charge < -0.3 is 9.15 Å². The molecule has 0 aliphatic rings. The minimum Gasteiger partial charge on any atom is -0.495 e. The van der Waals surface area contributed by atoms with E-state index in [0.29, 0.717) is 11.6 Å². The van der Waals surface area contributed by atoms with E-state index >= 15 is 0 Å². The number of hydrogen-bond acceptors (Lipinski definition) is 5. The normalized spacial score (nSPS) is 11.5. The van der Waals surface area contributed by atoms with Gasteiger partial charge in [-0.3, -0.25) is 4.57 Å². The van der Waals surface area contributed by atoms with Crippen LogP contribution in [-0.2, 0) is 0 Å². The van der Waals surface area contributed by atoms with Crippen LogP contribution in [0.25, 0.3) is 34.0 Å². The average Bonchev–Trinajstić information content (AvgIpc) is 3.41. The molecule has 0 atom stereocenters. The van der Waals surface area contributed by atoms with Crippen LogP contribution in [0.5, 0.6) is 5.75 Å². The van der Waals surface area contributed by atoms with Crippen LogP contribution in [0.15, 0.2) is 53.4 Å². The Kier molecular flexibility index (Phi) is 3.30. The number of hydrogen-bond donors (Lipinski definition) is 0. The first-order chi connectivity index (χ1) is 13.2. The van der Waals surface area contributed by atoms with E-state index in [2.05, 4.69) is 28.5 Å². The summed E-state index contributed by atoms with van der Waals surface area (Å²) in [7, 11) is 1.67. The highest BCUT2D eigenvalue weighted by molar-refractivity contribution is 5.95. The third-order valence-electron chi connectivity index (χ3n) is 4.90. The molecule has 0 radical (unpaired) electrons. The predicted molar refractivity (Wildman–Crippen MR) is 101 cm³/mol. The molecule has 0 saturated carbocycles. The molecule has 0 aliphatic heterocycles. The SMILES string of the molecule is COc1ccccc1-n1c(C)c(C)c2c1ncn1nc(-c3ccco3)nc21. The lowest BCUT2D eigenvalue weighted by Crippen LogP contribution is -2.01. The van der Waals surface area contributed by atoms with Crippen molar-refractivity contribution in [1.82, 2.24) is 24.1 Å². The van der Waals surface area contributed by atoms with Crippen molar-refractivity contribution in [2.45, 2.75) is 13.8 Å². The van der Waals surface area contributed by atoms with Gasteiger partial charge in [-0.2, -0.15) is 0 Å². The monoisotopic (exact) mass is 359 g/mol. The minimum absolute atomic E-state index is 0.538. The first kappa shape index (κ1) is 15.6. The Labute approximate surface area is 154 Å². The van der Waals surface area contributed by atoms with E-state index in [9.17, 15) is 0 Å². The van der Waals surface area contributed by atoms with E-state index in [1.807, 2.05) is 36.4 Å². The molecule has 5 aromatic rings. The Morgan fingerprint density at radius 1 is 1.04 bits per heavy atom. The molecular formula is C20H17N5O2. The van der Waals surface area contributed by atoms with E-state index in [1.54, 1.807) is 24.2 Å². The maximum atomic E-state index is 5.56. The van der Waals surface area contributed by atoms with Gasteiger partial charge in [-0.05, 0) is 43.7 Å². The number of methoxy groups -OCH3 is 1. The number of nitrogens with zero attached hydrogens (tertiary/aromatic N) is 5. The number of benzene rings is 1. The summed E-state index contributed by atoms with van der Waals surface area (Å²) in [5.74, 6) is 1.96. The highest BCUT2D eigenvalue weighted by Gasteiger charge is 2.21. The van der Waals surface area contributed by atoms with Gasteiger partial charge in [-0.15, -0.1) is 5.10 Å². The molecule has 0 amide bonds. The van der Waals surface area contributed by atoms with E-state index in [0.717, 1.165) is 39.4 Å². The van der Waals surface area contributed by atoms with Crippen molar-refractivity contribution in [1.29, 1.82) is 0 Å². The molecule has 4 heterocycles. The zero-order chi connectivity index (χ0) is 18.5. The highest BCUT2D eigenvalue weighted by atomic mass is 16.5. The van der Waals surface area contributed by atoms with Crippen molar-refractivity contribution in [2.75, 3.05) is 7.11 Å². The first-order valence-electron chi connectivity index (χ1n) is 8.59. The van der Waals surface area contributed by atoms with Crippen LogP contribution in [0.4, 0.5) is 0 Å². The molecule has 0 aliphatic carbocycles. The minimum atomic E-state index is 0.538. The molecule has 134 valence electrons. The van der Waals surface area contributed by atoms with Gasteiger partial charge in [-0.25, -0.2) is 14.5 Å². The zero-order valence-electron chi connectivity index (χ0n) is 15.2. The summed E-state index contributed by atoms with van der Waals surface area (Å²) >= 11 is 0. The van der Waals surface area contributed by atoms with Crippen molar-refractivity contribution >= 4 is 16.7 Å². The third-order valence-corrected chi connectivity index (χ3v) is 4.90. The standard InChI is InChI=1S/C20H17N5O2/c1-12-13(2)25(14-7-4-5-8-15(14)26-3)19-17(12)20-22-18(16-9-6-10-27-16)23-24(20)11-21-19/h4-11H,1-3H3. The lowest BCUT2D eigenvalue weighted by atomic mass is 10.2. The molecule has 27 heavy (non-hydrogen) atoms. The topological polar surface area (TPSA) is 70.4 Å². The Balaban J connectivity index is 1.84. The Morgan fingerprint density at radius 2 is 1.89 bits per heavy atom. The lowest BCUT2D eigenvalue weighted by Gasteiger charge is -2.12. The zero-order valence-corrected chi connectivity index (χ0v) is 15.2. The summed E-state index contributed by atoms with van der Waals surface area (Å²) in [6.07, 6.45) is 3.30. The van der Waals surface area contributed by atoms with Gasteiger partial charge >= 0.3 is 0 Å². The molecule has 7 nitrogen and oxygen atoms in total. The summed E-state index contributed by atoms with van der Waals surface area (Å²) in [5, 5.41) is 5.47. The van der Waals surface area contributed by atoms with E-state index < -0.39 is 0 Å². The van der Waals surface area contributed by atoms with E-state index in [4.69, 9.17) is 14.1 Å². The first-order valence-corrected chi connectivity index (χ1v) is 8.59. The van der Waals surface area contributed by atoms with Crippen molar-refractivity contribution in [2.24, 2.45) is 0 Å². The molecular weight excluding hydrogens is 342 g/mol. The van der Waals surface area contributed by atoms with Gasteiger partial charge in [0.15, 0.2) is 17.1 Å². The average molecular weight is 359 g/mol. The van der Waals surface area contributed by atoms with Crippen LogP contribution in [-0.4, -0.2) is 31.3 Å². The Bertz CT molecular complexity index is 1280. The number of furan rings is 1.